The Morgan fingerprint density at radius 2 is 2.05 bits per heavy atom. The van der Waals surface area contributed by atoms with Gasteiger partial charge >= 0.3 is 7.12 Å². The number of hydrogen-bond acceptors (Lipinski definition) is 4. The van der Waals surface area contributed by atoms with Crippen LogP contribution in [0.2, 0.25) is 0 Å². The second-order valence-electron chi connectivity index (χ2n) is 7.10. The van der Waals surface area contributed by atoms with Gasteiger partial charge in [-0.1, -0.05) is 18.2 Å². The van der Waals surface area contributed by atoms with Crippen molar-refractivity contribution in [2.24, 2.45) is 5.92 Å². The molecule has 0 aromatic heterocycles. The molecule has 5 heteroatoms. The smallest absolute Gasteiger partial charge is 0.423 e. The number of likely N-dealkylation sites (tertiary alicyclic amines) is 1. The van der Waals surface area contributed by atoms with E-state index in [0.717, 1.165) is 29.5 Å². The molecule has 0 atom stereocenters. The predicted molar refractivity (Wildman–Crippen MR) is 87.9 cm³/mol. The van der Waals surface area contributed by atoms with E-state index in [0.29, 0.717) is 6.61 Å². The summed E-state index contributed by atoms with van der Waals surface area (Å²) in [5, 5.41) is 13.3. The summed E-state index contributed by atoms with van der Waals surface area (Å²) in [4.78, 5) is 2.56. The van der Waals surface area contributed by atoms with E-state index in [-0.39, 0.29) is 0 Å². The van der Waals surface area contributed by atoms with E-state index in [4.69, 9.17) is 4.65 Å². The van der Waals surface area contributed by atoms with Crippen molar-refractivity contribution < 1.29 is 9.68 Å². The number of hydrogen-bond donors (Lipinski definition) is 2. The van der Waals surface area contributed by atoms with Crippen LogP contribution < -0.4 is 10.8 Å². The van der Waals surface area contributed by atoms with Gasteiger partial charge in [-0.25, -0.2) is 0 Å². The van der Waals surface area contributed by atoms with Crippen molar-refractivity contribution in [3.05, 3.63) is 29.3 Å². The molecule has 4 nitrogen and oxygen atoms in total. The predicted octanol–water partition coefficient (Wildman–Crippen LogP) is 0.868. The van der Waals surface area contributed by atoms with Crippen LogP contribution in [0.4, 0.5) is 0 Å². The summed E-state index contributed by atoms with van der Waals surface area (Å²) in [6, 6.07) is 7.19. The molecule has 2 aliphatic heterocycles. The number of benzene rings is 1. The third-order valence-electron chi connectivity index (χ3n) is 5.26. The first-order valence-electron chi connectivity index (χ1n) is 8.65. The van der Waals surface area contributed by atoms with Crippen molar-refractivity contribution >= 4 is 12.6 Å². The number of nitrogens with zero attached hydrogens (tertiary/aromatic N) is 1. The molecule has 1 aromatic carbocycles. The summed E-state index contributed by atoms with van der Waals surface area (Å²) in [6.07, 6.45) is 5.39. The molecule has 1 aromatic rings. The molecule has 4 rings (SSSR count). The van der Waals surface area contributed by atoms with Gasteiger partial charge in [0.1, 0.15) is 0 Å². The molecular formula is C17H25BN2O2. The lowest BCUT2D eigenvalue weighted by molar-refractivity contribution is 0.175. The molecule has 0 amide bonds. The van der Waals surface area contributed by atoms with Crippen LogP contribution in [0.3, 0.4) is 0 Å². The van der Waals surface area contributed by atoms with Crippen molar-refractivity contribution in [3.63, 3.8) is 0 Å². The fourth-order valence-corrected chi connectivity index (χ4v) is 3.61. The van der Waals surface area contributed by atoms with E-state index < -0.39 is 7.12 Å². The highest BCUT2D eigenvalue weighted by atomic mass is 16.5. The van der Waals surface area contributed by atoms with E-state index >= 15 is 0 Å². The molecular weight excluding hydrogens is 275 g/mol. The van der Waals surface area contributed by atoms with Crippen LogP contribution in [-0.4, -0.2) is 42.7 Å². The summed E-state index contributed by atoms with van der Waals surface area (Å²) in [7, 11) is -0.723. The standard InChI is InChI=1S/C17H25BN2O2/c21-18-17-4-1-14(9-15(17)12-22-18)11-20-7-5-13(6-8-20)10-19-16-2-3-16/h1,4,9,13,16,19,21H,2-3,5-8,10-12H2. The van der Waals surface area contributed by atoms with E-state index in [1.165, 1.54) is 50.9 Å². The average molecular weight is 300 g/mol. The van der Waals surface area contributed by atoms with Crippen LogP contribution in [0.15, 0.2) is 18.2 Å². The monoisotopic (exact) mass is 300 g/mol. The molecule has 0 bridgehead atoms. The minimum Gasteiger partial charge on any atom is -0.423 e. The first-order chi connectivity index (χ1) is 10.8. The molecule has 1 saturated heterocycles. The van der Waals surface area contributed by atoms with E-state index in [2.05, 4.69) is 22.3 Å². The zero-order valence-corrected chi connectivity index (χ0v) is 13.1. The van der Waals surface area contributed by atoms with Crippen LogP contribution >= 0.6 is 0 Å². The van der Waals surface area contributed by atoms with Crippen LogP contribution in [-0.2, 0) is 17.8 Å². The summed E-state index contributed by atoms with van der Waals surface area (Å²) in [5.74, 6) is 0.861. The maximum Gasteiger partial charge on any atom is 0.491 e. The number of rotatable bonds is 5. The number of nitrogens with one attached hydrogen (secondary N) is 1. The van der Waals surface area contributed by atoms with E-state index in [9.17, 15) is 5.02 Å². The van der Waals surface area contributed by atoms with Gasteiger partial charge in [-0.3, -0.25) is 4.90 Å². The quantitative estimate of drug-likeness (QED) is 0.792. The Morgan fingerprint density at radius 3 is 2.82 bits per heavy atom. The second kappa shape index (κ2) is 6.32. The molecule has 0 unspecified atom stereocenters. The van der Waals surface area contributed by atoms with E-state index in [1.54, 1.807) is 0 Å². The van der Waals surface area contributed by atoms with Crippen LogP contribution in [0.25, 0.3) is 0 Å². The minimum atomic E-state index is -0.723. The fraction of sp³-hybridized carbons (Fsp3) is 0.647. The van der Waals surface area contributed by atoms with Crippen molar-refractivity contribution in [2.45, 2.75) is 44.9 Å². The SMILES string of the molecule is OB1OCc2cc(CN3CCC(CNC4CC4)CC3)ccc21. The van der Waals surface area contributed by atoms with Gasteiger partial charge in [-0.2, -0.15) is 0 Å². The Morgan fingerprint density at radius 1 is 1.23 bits per heavy atom. The topological polar surface area (TPSA) is 44.7 Å². The van der Waals surface area contributed by atoms with Crippen LogP contribution in [0.1, 0.15) is 36.8 Å². The molecule has 2 heterocycles. The Labute approximate surface area is 133 Å². The summed E-state index contributed by atoms with van der Waals surface area (Å²) >= 11 is 0. The molecule has 22 heavy (non-hydrogen) atoms. The zero-order chi connectivity index (χ0) is 14.9. The molecule has 2 fully saturated rings. The van der Waals surface area contributed by atoms with Crippen molar-refractivity contribution in [1.82, 2.24) is 10.2 Å². The minimum absolute atomic E-state index is 0.541. The van der Waals surface area contributed by atoms with Crippen molar-refractivity contribution in [1.29, 1.82) is 0 Å². The maximum atomic E-state index is 9.68. The molecule has 1 saturated carbocycles. The van der Waals surface area contributed by atoms with Gasteiger partial charge in [0.05, 0.1) is 6.61 Å². The molecule has 0 spiro atoms. The highest BCUT2D eigenvalue weighted by Gasteiger charge is 2.28. The average Bonchev–Trinajstić information content (AvgIpc) is 3.30. The van der Waals surface area contributed by atoms with E-state index in [1.807, 2.05) is 6.07 Å². The third-order valence-corrected chi connectivity index (χ3v) is 5.26. The van der Waals surface area contributed by atoms with Crippen molar-refractivity contribution in [3.8, 4) is 0 Å². The lowest BCUT2D eigenvalue weighted by Crippen LogP contribution is -2.37. The van der Waals surface area contributed by atoms with Gasteiger partial charge in [-0.15, -0.1) is 0 Å². The second-order valence-corrected chi connectivity index (χ2v) is 7.10. The summed E-state index contributed by atoms with van der Waals surface area (Å²) in [6.45, 7) is 5.18. The Bertz CT molecular complexity index is 527. The highest BCUT2D eigenvalue weighted by molar-refractivity contribution is 6.61. The highest BCUT2D eigenvalue weighted by Crippen LogP contribution is 2.23. The molecule has 0 radical (unpaired) electrons. The normalized spacial score (nSPS) is 23.0. The van der Waals surface area contributed by atoms with Gasteiger partial charge in [0.15, 0.2) is 0 Å². The summed E-state index contributed by atoms with van der Waals surface area (Å²) < 4.78 is 5.27. The molecule has 2 N–H and O–H groups in total. The Hall–Kier alpha value is -0.875. The van der Waals surface area contributed by atoms with Gasteiger partial charge in [0.2, 0.25) is 0 Å². The van der Waals surface area contributed by atoms with Crippen LogP contribution in [0.5, 0.6) is 0 Å². The Balaban J connectivity index is 1.27. The lowest BCUT2D eigenvalue weighted by atomic mass is 9.79. The van der Waals surface area contributed by atoms with Gasteiger partial charge < -0.3 is 15.0 Å². The van der Waals surface area contributed by atoms with Gasteiger partial charge in [0, 0.05) is 12.6 Å². The third kappa shape index (κ3) is 3.38. The van der Waals surface area contributed by atoms with Crippen molar-refractivity contribution in [2.75, 3.05) is 19.6 Å². The zero-order valence-electron chi connectivity index (χ0n) is 13.1. The fourth-order valence-electron chi connectivity index (χ4n) is 3.61. The maximum absolute atomic E-state index is 9.68. The number of piperidine rings is 1. The van der Waals surface area contributed by atoms with Gasteiger partial charge in [-0.05, 0) is 67.8 Å². The largest absolute Gasteiger partial charge is 0.491 e. The first-order valence-corrected chi connectivity index (χ1v) is 8.65. The lowest BCUT2D eigenvalue weighted by Gasteiger charge is -2.32. The first kappa shape index (κ1) is 14.7. The summed E-state index contributed by atoms with van der Waals surface area (Å²) in [5.41, 5.74) is 3.42. The van der Waals surface area contributed by atoms with Gasteiger partial charge in [0.25, 0.3) is 0 Å². The number of fused-ring (bicyclic) bond motifs is 1. The molecule has 1 aliphatic carbocycles. The molecule has 3 aliphatic rings. The van der Waals surface area contributed by atoms with Crippen LogP contribution in [0, 0.1) is 5.92 Å². The molecule has 118 valence electrons. The Kier molecular flexibility index (Phi) is 4.22.